The smallest absolute Gasteiger partial charge is 0.295 e. The monoisotopic (exact) mass is 216 g/mol. The van der Waals surface area contributed by atoms with Crippen molar-refractivity contribution in [3.63, 3.8) is 0 Å². The largest absolute Gasteiger partial charge is 0.334 e. The molecule has 0 bridgehead atoms. The highest BCUT2D eigenvalue weighted by Crippen LogP contribution is 2.16. The molecule has 0 aliphatic carbocycles. The first-order valence-corrected chi connectivity index (χ1v) is 5.39. The zero-order valence-corrected chi connectivity index (χ0v) is 9.55. The van der Waals surface area contributed by atoms with Gasteiger partial charge in [-0.15, -0.1) is 10.2 Å². The lowest BCUT2D eigenvalue weighted by Gasteiger charge is -2.16. The molecule has 0 fully saturated rings. The minimum Gasteiger partial charge on any atom is -0.334 e. The van der Waals surface area contributed by atoms with Crippen molar-refractivity contribution in [3.05, 3.63) is 16.0 Å². The fraction of sp³-hybridized carbons (Fsp3) is 0.625. The molecule has 1 aromatic heterocycles. The number of aromatic nitrogens is 3. The van der Waals surface area contributed by atoms with Crippen molar-refractivity contribution in [2.75, 3.05) is 12.1 Å². The lowest BCUT2D eigenvalue weighted by Crippen LogP contribution is -2.37. The summed E-state index contributed by atoms with van der Waals surface area (Å²) in [5, 5.41) is 8.19. The van der Waals surface area contributed by atoms with Crippen LogP contribution in [0, 0.1) is 0 Å². The third-order valence-electron chi connectivity index (χ3n) is 1.76. The van der Waals surface area contributed by atoms with Crippen LogP contribution in [-0.4, -0.2) is 21.1 Å². The van der Waals surface area contributed by atoms with Gasteiger partial charge in [0, 0.05) is 5.41 Å². The molecular formula is C8H14N4OS. The van der Waals surface area contributed by atoms with Crippen LogP contribution in [0.3, 0.4) is 0 Å². The average Bonchev–Trinajstić information content (AvgIpc) is 2.07. The molecule has 0 saturated heterocycles. The first-order chi connectivity index (χ1) is 6.38. The number of thioether (sulfide) groups is 1. The van der Waals surface area contributed by atoms with E-state index in [2.05, 4.69) is 10.2 Å². The second kappa shape index (κ2) is 3.61. The summed E-state index contributed by atoms with van der Waals surface area (Å²) < 4.78 is 1.04. The predicted octanol–water partition coefficient (Wildman–Crippen LogP) is 0.372. The van der Waals surface area contributed by atoms with Crippen LogP contribution in [0.1, 0.15) is 26.5 Å². The van der Waals surface area contributed by atoms with E-state index in [1.165, 1.54) is 11.8 Å². The Morgan fingerprint density at radius 3 is 2.50 bits per heavy atom. The Bertz CT molecular complexity index is 393. The number of nitrogens with zero attached hydrogens (tertiary/aromatic N) is 3. The van der Waals surface area contributed by atoms with Crippen molar-refractivity contribution in [2.24, 2.45) is 0 Å². The lowest BCUT2D eigenvalue weighted by atomic mass is 10.1. The second-order valence-corrected chi connectivity index (χ2v) is 4.73. The molecular weight excluding hydrogens is 202 g/mol. The van der Waals surface area contributed by atoms with Crippen LogP contribution >= 0.6 is 11.8 Å². The van der Waals surface area contributed by atoms with E-state index in [9.17, 15) is 4.79 Å². The van der Waals surface area contributed by atoms with Gasteiger partial charge in [-0.1, -0.05) is 32.5 Å². The SMILES string of the molecule is CSc1nn[14c](C(C)(C)C)c(=O)n1N. The summed E-state index contributed by atoms with van der Waals surface area (Å²) in [6.45, 7) is 5.70. The van der Waals surface area contributed by atoms with E-state index in [0.717, 1.165) is 4.68 Å². The first kappa shape index (κ1) is 11.0. The summed E-state index contributed by atoms with van der Waals surface area (Å²) in [6, 6.07) is 0. The van der Waals surface area contributed by atoms with Gasteiger partial charge in [-0.2, -0.15) is 4.68 Å². The maximum Gasteiger partial charge on any atom is 0.295 e. The molecule has 0 unspecified atom stereocenters. The van der Waals surface area contributed by atoms with E-state index in [1.807, 2.05) is 20.8 Å². The number of rotatable bonds is 1. The van der Waals surface area contributed by atoms with E-state index >= 15 is 0 Å². The maximum atomic E-state index is 11.7. The van der Waals surface area contributed by atoms with E-state index in [4.69, 9.17) is 5.84 Å². The molecule has 1 heterocycles. The molecule has 0 spiro atoms. The Kier molecular flexibility index (Phi) is 2.84. The van der Waals surface area contributed by atoms with Crippen LogP contribution < -0.4 is 11.4 Å². The second-order valence-electron chi connectivity index (χ2n) is 3.96. The maximum absolute atomic E-state index is 11.7. The van der Waals surface area contributed by atoms with Gasteiger partial charge in [0.1, 0.15) is 5.69 Å². The predicted molar refractivity (Wildman–Crippen MR) is 56.9 cm³/mol. The minimum atomic E-state index is -0.331. The molecule has 0 aromatic carbocycles. The molecule has 78 valence electrons. The van der Waals surface area contributed by atoms with Crippen molar-refractivity contribution >= 4 is 11.8 Å². The summed E-state index contributed by atoms with van der Waals surface area (Å²) >= 11 is 1.29. The molecule has 0 radical (unpaired) electrons. The fourth-order valence-electron chi connectivity index (χ4n) is 0.995. The van der Waals surface area contributed by atoms with E-state index in [1.54, 1.807) is 6.26 Å². The molecule has 0 amide bonds. The Hall–Kier alpha value is -1.04. The van der Waals surface area contributed by atoms with Crippen LogP contribution in [0.15, 0.2) is 9.95 Å². The highest BCUT2D eigenvalue weighted by Gasteiger charge is 2.22. The molecule has 0 atom stereocenters. The first-order valence-electron chi connectivity index (χ1n) is 4.17. The Labute approximate surface area is 86.7 Å². The summed E-state index contributed by atoms with van der Waals surface area (Å²) in [6.07, 6.45) is 1.80. The highest BCUT2D eigenvalue weighted by atomic mass is 32.2. The van der Waals surface area contributed by atoms with Crippen molar-refractivity contribution in [1.29, 1.82) is 0 Å². The topological polar surface area (TPSA) is 73.8 Å². The van der Waals surface area contributed by atoms with Gasteiger partial charge < -0.3 is 5.84 Å². The van der Waals surface area contributed by atoms with Crippen LogP contribution in [-0.2, 0) is 5.41 Å². The Balaban J connectivity index is 3.40. The third-order valence-corrected chi connectivity index (χ3v) is 2.40. The number of hydrogen-bond acceptors (Lipinski definition) is 5. The molecule has 1 aromatic rings. The van der Waals surface area contributed by atoms with Gasteiger partial charge in [0.2, 0.25) is 5.16 Å². The standard InChI is InChI=1S/C8H14N4OS/c1-8(2,3)5-6(13)12(9)7(14-4)11-10-5/h9H2,1-4H3/i5+2. The van der Waals surface area contributed by atoms with Gasteiger partial charge in [-0.3, -0.25) is 4.79 Å². The molecule has 1 rings (SSSR count). The Morgan fingerprint density at radius 2 is 2.07 bits per heavy atom. The molecule has 0 aliphatic rings. The van der Waals surface area contributed by atoms with Crippen LogP contribution in [0.25, 0.3) is 0 Å². The average molecular weight is 216 g/mol. The summed E-state index contributed by atoms with van der Waals surface area (Å²) in [4.78, 5) is 11.7. The molecule has 5 nitrogen and oxygen atoms in total. The normalized spacial score (nSPS) is 11.7. The zero-order valence-electron chi connectivity index (χ0n) is 8.74. The fourth-order valence-corrected chi connectivity index (χ4v) is 1.40. The van der Waals surface area contributed by atoms with E-state index in [-0.39, 0.29) is 11.0 Å². The van der Waals surface area contributed by atoms with E-state index in [0.29, 0.717) is 10.9 Å². The quantitative estimate of drug-likeness (QED) is 0.542. The van der Waals surface area contributed by atoms with Gasteiger partial charge in [-0.25, -0.2) is 0 Å². The van der Waals surface area contributed by atoms with Crippen LogP contribution in [0.5, 0.6) is 0 Å². The summed E-state index contributed by atoms with van der Waals surface area (Å²) in [5.74, 6) is 5.57. The Morgan fingerprint density at radius 1 is 1.50 bits per heavy atom. The van der Waals surface area contributed by atoms with Gasteiger partial charge in [-0.05, 0) is 6.26 Å². The number of nitrogens with two attached hydrogens (primary N) is 1. The van der Waals surface area contributed by atoms with Gasteiger partial charge in [0.15, 0.2) is 0 Å². The van der Waals surface area contributed by atoms with Gasteiger partial charge in [0.05, 0.1) is 0 Å². The van der Waals surface area contributed by atoms with E-state index < -0.39 is 0 Å². The van der Waals surface area contributed by atoms with Crippen LogP contribution in [0.4, 0.5) is 0 Å². The van der Waals surface area contributed by atoms with Gasteiger partial charge in [0.25, 0.3) is 5.56 Å². The minimum absolute atomic E-state index is 0.281. The molecule has 0 aliphatic heterocycles. The molecule has 14 heavy (non-hydrogen) atoms. The van der Waals surface area contributed by atoms with Crippen molar-refractivity contribution < 1.29 is 0 Å². The van der Waals surface area contributed by atoms with Crippen molar-refractivity contribution in [2.45, 2.75) is 31.3 Å². The molecule has 2 N–H and O–H groups in total. The van der Waals surface area contributed by atoms with Gasteiger partial charge >= 0.3 is 0 Å². The molecule has 6 heteroatoms. The zero-order chi connectivity index (χ0) is 10.9. The van der Waals surface area contributed by atoms with Crippen molar-refractivity contribution in [3.8, 4) is 0 Å². The highest BCUT2D eigenvalue weighted by molar-refractivity contribution is 7.98. The van der Waals surface area contributed by atoms with Crippen LogP contribution in [0.2, 0.25) is 0 Å². The molecule has 0 saturated carbocycles. The third kappa shape index (κ3) is 1.89. The summed E-state index contributed by atoms with van der Waals surface area (Å²) in [5.41, 5.74) is -0.225. The number of nitrogen functional groups attached to an aromatic ring is 1. The number of hydrogen-bond donors (Lipinski definition) is 1. The summed E-state index contributed by atoms with van der Waals surface area (Å²) in [7, 11) is 0. The lowest BCUT2D eigenvalue weighted by molar-refractivity contribution is 0.520. The van der Waals surface area contributed by atoms with Crippen molar-refractivity contribution in [1.82, 2.24) is 14.9 Å².